The molecule has 11 heteroatoms. The van der Waals surface area contributed by atoms with E-state index in [1.807, 2.05) is 0 Å². The first-order chi connectivity index (χ1) is 15.7. The van der Waals surface area contributed by atoms with Crippen LogP contribution in [0.4, 0.5) is 29.5 Å². The molecule has 0 saturated heterocycles. The molecular weight excluding hydrogens is 453 g/mol. The van der Waals surface area contributed by atoms with Gasteiger partial charge in [0.25, 0.3) is 0 Å². The second kappa shape index (κ2) is 9.24. The molecule has 1 aromatic heterocycles. The lowest BCUT2D eigenvalue weighted by molar-refractivity contribution is -0.137. The van der Waals surface area contributed by atoms with Gasteiger partial charge in [-0.2, -0.15) is 13.2 Å². The van der Waals surface area contributed by atoms with Crippen molar-refractivity contribution in [3.05, 3.63) is 47.3 Å². The van der Waals surface area contributed by atoms with Crippen LogP contribution in [-0.4, -0.2) is 33.9 Å². The van der Waals surface area contributed by atoms with Gasteiger partial charge in [-0.3, -0.25) is 5.32 Å². The lowest BCUT2D eigenvalue weighted by atomic mass is 10.1. The number of fused-ring (bicyclic) bond motifs is 1. The van der Waals surface area contributed by atoms with Gasteiger partial charge in [0.1, 0.15) is 17.2 Å². The van der Waals surface area contributed by atoms with E-state index in [0.29, 0.717) is 22.5 Å². The normalized spacial score (nSPS) is 11.9. The topological polar surface area (TPSA) is 106 Å². The summed E-state index contributed by atoms with van der Waals surface area (Å²) in [7, 11) is 1.41. The maximum absolute atomic E-state index is 13.5. The number of nitrogens with one attached hydrogen (secondary N) is 2. The van der Waals surface area contributed by atoms with Crippen molar-refractivity contribution in [3.63, 3.8) is 0 Å². The van der Waals surface area contributed by atoms with Crippen molar-refractivity contribution in [2.75, 3.05) is 17.7 Å². The summed E-state index contributed by atoms with van der Waals surface area (Å²) in [6.45, 7) is 6.56. The largest absolute Gasteiger partial charge is 0.504 e. The molecule has 3 rings (SSSR count). The van der Waals surface area contributed by atoms with E-state index in [9.17, 15) is 23.1 Å². The van der Waals surface area contributed by atoms with Crippen molar-refractivity contribution in [2.24, 2.45) is 0 Å². The third-order valence-electron chi connectivity index (χ3n) is 4.53. The second-order valence-corrected chi connectivity index (χ2v) is 8.56. The number of hydrogen-bond acceptors (Lipinski definition) is 7. The molecule has 182 valence electrons. The number of phenolic OH excluding ortho intramolecular Hbond substituents is 1. The number of aryl methyl sites for hydroxylation is 1. The van der Waals surface area contributed by atoms with Gasteiger partial charge in [-0.1, -0.05) is 0 Å². The number of aromatic hydroxyl groups is 1. The van der Waals surface area contributed by atoms with E-state index >= 15 is 0 Å². The van der Waals surface area contributed by atoms with Gasteiger partial charge in [0.15, 0.2) is 11.5 Å². The Morgan fingerprint density at radius 3 is 2.41 bits per heavy atom. The molecule has 3 N–H and O–H groups in total. The summed E-state index contributed by atoms with van der Waals surface area (Å²) in [5, 5.41) is 15.9. The van der Waals surface area contributed by atoms with Crippen LogP contribution < -0.4 is 15.4 Å². The molecule has 0 spiro atoms. The zero-order chi connectivity index (χ0) is 25.3. The zero-order valence-electron chi connectivity index (χ0n) is 19.3. The number of rotatable bonds is 5. The molecule has 0 aliphatic heterocycles. The van der Waals surface area contributed by atoms with Crippen molar-refractivity contribution < 1.29 is 32.5 Å². The highest BCUT2D eigenvalue weighted by Gasteiger charge is 2.31. The first kappa shape index (κ1) is 24.9. The quantitative estimate of drug-likeness (QED) is 0.436. The zero-order valence-corrected chi connectivity index (χ0v) is 19.3. The van der Waals surface area contributed by atoms with Crippen molar-refractivity contribution in [3.8, 4) is 11.5 Å². The summed E-state index contributed by atoms with van der Waals surface area (Å²) in [4.78, 5) is 20.7. The number of halogens is 3. The summed E-state index contributed by atoms with van der Waals surface area (Å²) in [5.74, 6) is 0.833. The van der Waals surface area contributed by atoms with Gasteiger partial charge >= 0.3 is 12.3 Å². The van der Waals surface area contributed by atoms with E-state index in [1.165, 1.54) is 25.3 Å². The van der Waals surface area contributed by atoms with Gasteiger partial charge in [-0.15, -0.1) is 0 Å². The molecular formula is C23H25F3N4O4. The smallest absolute Gasteiger partial charge is 0.416 e. The SMILES string of the molecule is COc1cc2nc(C)nc(NCc3cc(NC(=O)OC(C)(C)C)cc(C(F)(F)F)c3)c2cc1O. The van der Waals surface area contributed by atoms with E-state index in [4.69, 9.17) is 9.47 Å². The molecule has 0 aliphatic carbocycles. The maximum atomic E-state index is 13.5. The molecule has 0 aliphatic rings. The molecule has 2 aromatic carbocycles. The molecule has 1 heterocycles. The molecule has 0 bridgehead atoms. The molecule has 34 heavy (non-hydrogen) atoms. The number of hydrogen-bond donors (Lipinski definition) is 3. The van der Waals surface area contributed by atoms with Crippen molar-refractivity contribution >= 4 is 28.5 Å². The van der Waals surface area contributed by atoms with E-state index in [2.05, 4.69) is 20.6 Å². The van der Waals surface area contributed by atoms with Crippen LogP contribution in [0.3, 0.4) is 0 Å². The van der Waals surface area contributed by atoms with Gasteiger partial charge in [0, 0.05) is 23.7 Å². The maximum Gasteiger partial charge on any atom is 0.416 e. The van der Waals surface area contributed by atoms with Crippen LogP contribution in [0.1, 0.15) is 37.7 Å². The molecule has 8 nitrogen and oxygen atoms in total. The summed E-state index contributed by atoms with van der Waals surface area (Å²) in [6, 6.07) is 6.17. The highest BCUT2D eigenvalue weighted by atomic mass is 19.4. The second-order valence-electron chi connectivity index (χ2n) is 8.56. The minimum absolute atomic E-state index is 0.0503. The number of carbonyl (C=O) groups excluding carboxylic acids is 1. The molecule has 1 amide bonds. The highest BCUT2D eigenvalue weighted by molar-refractivity contribution is 5.91. The number of carbonyl (C=O) groups is 1. The van der Waals surface area contributed by atoms with Gasteiger partial charge in [0.2, 0.25) is 0 Å². The fourth-order valence-electron chi connectivity index (χ4n) is 3.20. The first-order valence-corrected chi connectivity index (χ1v) is 10.3. The molecule has 0 unspecified atom stereocenters. The van der Waals surface area contributed by atoms with Crippen LogP contribution in [0.5, 0.6) is 11.5 Å². The standard InChI is InChI=1S/C23H25F3N4O4/c1-12-28-17-10-19(33-5)18(31)9-16(17)20(29-12)27-11-13-6-14(23(24,25)26)8-15(7-13)30-21(32)34-22(2,3)4/h6-10,31H,11H2,1-5H3,(H,30,32)(H,27,28,29). The Labute approximate surface area is 194 Å². The Kier molecular flexibility index (Phi) is 6.76. The number of aromatic nitrogens is 2. The van der Waals surface area contributed by atoms with E-state index < -0.39 is 23.4 Å². The van der Waals surface area contributed by atoms with Crippen LogP contribution in [0.15, 0.2) is 30.3 Å². The Morgan fingerprint density at radius 1 is 1.09 bits per heavy atom. The number of ether oxygens (including phenoxy) is 2. The van der Waals surface area contributed by atoms with Gasteiger partial charge < -0.3 is 19.9 Å². The number of nitrogens with zero attached hydrogens (tertiary/aromatic N) is 2. The first-order valence-electron chi connectivity index (χ1n) is 10.3. The monoisotopic (exact) mass is 478 g/mol. The lowest BCUT2D eigenvalue weighted by Crippen LogP contribution is -2.27. The lowest BCUT2D eigenvalue weighted by Gasteiger charge is -2.20. The predicted molar refractivity (Wildman–Crippen MR) is 121 cm³/mol. The Hall–Kier alpha value is -3.76. The molecule has 0 radical (unpaired) electrons. The summed E-state index contributed by atoms with van der Waals surface area (Å²) >= 11 is 0. The van der Waals surface area contributed by atoms with E-state index in [-0.39, 0.29) is 29.3 Å². The van der Waals surface area contributed by atoms with Gasteiger partial charge in [-0.25, -0.2) is 14.8 Å². The van der Waals surface area contributed by atoms with E-state index in [1.54, 1.807) is 27.7 Å². The number of alkyl halides is 3. The van der Waals surface area contributed by atoms with E-state index in [0.717, 1.165) is 12.1 Å². The molecule has 0 atom stereocenters. The fraction of sp³-hybridized carbons (Fsp3) is 0.348. The molecule has 0 fully saturated rings. The minimum atomic E-state index is -4.62. The van der Waals surface area contributed by atoms with Crippen molar-refractivity contribution in [2.45, 2.75) is 46.0 Å². The van der Waals surface area contributed by atoms with Crippen molar-refractivity contribution in [1.82, 2.24) is 9.97 Å². The van der Waals surface area contributed by atoms with Crippen LogP contribution in [0.2, 0.25) is 0 Å². The van der Waals surface area contributed by atoms with Crippen LogP contribution in [0, 0.1) is 6.92 Å². The van der Waals surface area contributed by atoms with Gasteiger partial charge in [0.05, 0.1) is 18.2 Å². The molecule has 0 saturated carbocycles. The summed E-state index contributed by atoms with van der Waals surface area (Å²) in [6.07, 6.45) is -5.49. The Bertz CT molecular complexity index is 1220. The minimum Gasteiger partial charge on any atom is -0.504 e. The number of amides is 1. The van der Waals surface area contributed by atoms with Gasteiger partial charge in [-0.05, 0) is 57.5 Å². The van der Waals surface area contributed by atoms with Crippen molar-refractivity contribution in [1.29, 1.82) is 0 Å². The average Bonchev–Trinajstić information content (AvgIpc) is 2.69. The Morgan fingerprint density at radius 2 is 1.79 bits per heavy atom. The third-order valence-corrected chi connectivity index (χ3v) is 4.53. The highest BCUT2D eigenvalue weighted by Crippen LogP contribution is 2.34. The predicted octanol–water partition coefficient (Wildman–Crippen LogP) is 5.63. The van der Waals surface area contributed by atoms with Crippen LogP contribution >= 0.6 is 0 Å². The number of methoxy groups -OCH3 is 1. The average molecular weight is 478 g/mol. The van der Waals surface area contributed by atoms with Crippen LogP contribution in [-0.2, 0) is 17.5 Å². The number of benzene rings is 2. The number of phenols is 1. The van der Waals surface area contributed by atoms with Crippen LogP contribution in [0.25, 0.3) is 10.9 Å². The molecule has 3 aromatic rings. The number of anilines is 2. The summed E-state index contributed by atoms with van der Waals surface area (Å²) in [5.41, 5.74) is -1.07. The summed E-state index contributed by atoms with van der Waals surface area (Å²) < 4.78 is 50.6. The third kappa shape index (κ3) is 6.18. The fourth-order valence-corrected chi connectivity index (χ4v) is 3.20. The Balaban J connectivity index is 1.92.